The van der Waals surface area contributed by atoms with Crippen LogP contribution in [0.1, 0.15) is 15.9 Å². The maximum atomic E-state index is 14.5. The van der Waals surface area contributed by atoms with Crippen molar-refractivity contribution < 1.29 is 38.1 Å². The number of likely N-dealkylation sites (tertiary alicyclic amines) is 1. The van der Waals surface area contributed by atoms with Crippen LogP contribution in [-0.2, 0) is 4.79 Å². The van der Waals surface area contributed by atoms with Crippen molar-refractivity contribution in [3.05, 3.63) is 58.9 Å². The van der Waals surface area contributed by atoms with E-state index in [4.69, 9.17) is 5.11 Å². The summed E-state index contributed by atoms with van der Waals surface area (Å²) >= 11 is 0. The predicted octanol–water partition coefficient (Wildman–Crippen LogP) is 0.812. The number of β-amino-alcohol motifs (C(OH)–C–C–N with tert-alkyl or cyclic N) is 1. The van der Waals surface area contributed by atoms with Crippen molar-refractivity contribution in [2.45, 2.75) is 18.6 Å². The highest BCUT2D eigenvalue weighted by atomic mass is 19.2. The Morgan fingerprint density at radius 2 is 1.84 bits per heavy atom. The molecule has 1 fully saturated rings. The summed E-state index contributed by atoms with van der Waals surface area (Å²) in [5.41, 5.74) is -2.41. The number of halogens is 3. The van der Waals surface area contributed by atoms with Crippen molar-refractivity contribution in [2.24, 2.45) is 0 Å². The molecule has 0 aromatic heterocycles. The summed E-state index contributed by atoms with van der Waals surface area (Å²) in [6, 6.07) is 5.81. The minimum absolute atomic E-state index is 0.170. The van der Waals surface area contributed by atoms with Gasteiger partial charge < -0.3 is 30.9 Å². The van der Waals surface area contributed by atoms with Gasteiger partial charge in [0, 0.05) is 6.54 Å². The third-order valence-electron chi connectivity index (χ3n) is 5.03. The van der Waals surface area contributed by atoms with Gasteiger partial charge >= 0.3 is 0 Å². The number of aliphatic hydroxyl groups excluding tert-OH is 2. The van der Waals surface area contributed by atoms with Crippen LogP contribution in [0.25, 0.3) is 0 Å². The molecule has 0 saturated carbocycles. The van der Waals surface area contributed by atoms with Crippen molar-refractivity contribution >= 4 is 23.2 Å². The van der Waals surface area contributed by atoms with Gasteiger partial charge in [-0.25, -0.2) is 13.2 Å². The third-order valence-corrected chi connectivity index (χ3v) is 5.03. The molecular formula is C21H22F3N3O5. The van der Waals surface area contributed by atoms with Crippen LogP contribution in [0.2, 0.25) is 0 Å². The Morgan fingerprint density at radius 3 is 2.47 bits per heavy atom. The monoisotopic (exact) mass is 453 g/mol. The number of nitrogens with zero attached hydrogens (tertiary/aromatic N) is 1. The van der Waals surface area contributed by atoms with Crippen LogP contribution in [0.15, 0.2) is 30.3 Å². The van der Waals surface area contributed by atoms with Gasteiger partial charge in [0.15, 0.2) is 17.2 Å². The van der Waals surface area contributed by atoms with E-state index >= 15 is 0 Å². The van der Waals surface area contributed by atoms with E-state index in [9.17, 15) is 33.0 Å². The van der Waals surface area contributed by atoms with Gasteiger partial charge in [-0.3, -0.25) is 9.59 Å². The van der Waals surface area contributed by atoms with Crippen molar-refractivity contribution in [1.82, 2.24) is 10.2 Å². The van der Waals surface area contributed by atoms with E-state index in [1.807, 2.05) is 0 Å². The molecule has 8 nitrogen and oxygen atoms in total. The summed E-state index contributed by atoms with van der Waals surface area (Å²) in [7, 11) is 0. The second-order valence-corrected chi connectivity index (χ2v) is 7.63. The Balaban J connectivity index is 1.78. The van der Waals surface area contributed by atoms with E-state index in [0.717, 1.165) is 17.0 Å². The summed E-state index contributed by atoms with van der Waals surface area (Å²) in [5.74, 6) is -5.04. The van der Waals surface area contributed by atoms with E-state index in [2.05, 4.69) is 10.6 Å². The second kappa shape index (κ2) is 9.15. The fraction of sp³-hybridized carbons (Fsp3) is 0.333. The van der Waals surface area contributed by atoms with Gasteiger partial charge in [-0.05, 0) is 36.8 Å². The number of hydrogen-bond acceptors (Lipinski definition) is 6. The van der Waals surface area contributed by atoms with Crippen LogP contribution < -0.4 is 10.6 Å². The molecule has 1 unspecified atom stereocenters. The molecule has 2 amide bonds. The quantitative estimate of drug-likeness (QED) is 0.423. The first-order valence-corrected chi connectivity index (χ1v) is 9.66. The number of rotatable bonds is 7. The average molecular weight is 453 g/mol. The molecule has 3 rings (SSSR count). The first kappa shape index (κ1) is 23.5. The standard InChI is InChI=1S/C21H22F3N3O5/c1-11-2-5-16(15(23)6-11)26-18-13(3-4-14(22)17(18)24)19(30)27-9-21(32,10-27)20(31)25-7-12(29)8-28/h2-6,12,26,28-29,32H,7-10H2,1H3,(H,25,31). The second-order valence-electron chi connectivity index (χ2n) is 7.63. The lowest BCUT2D eigenvalue weighted by molar-refractivity contribution is -0.155. The van der Waals surface area contributed by atoms with Crippen molar-refractivity contribution in [1.29, 1.82) is 0 Å². The zero-order valence-corrected chi connectivity index (χ0v) is 17.0. The lowest BCUT2D eigenvalue weighted by Gasteiger charge is -2.45. The molecule has 32 heavy (non-hydrogen) atoms. The van der Waals surface area contributed by atoms with Crippen LogP contribution in [0.5, 0.6) is 0 Å². The van der Waals surface area contributed by atoms with Crippen molar-refractivity contribution in [3.63, 3.8) is 0 Å². The van der Waals surface area contributed by atoms with E-state index in [1.165, 1.54) is 12.1 Å². The maximum Gasteiger partial charge on any atom is 0.256 e. The Labute approximate surface area is 181 Å². The molecule has 1 aliphatic rings. The number of nitrogens with one attached hydrogen (secondary N) is 2. The van der Waals surface area contributed by atoms with Gasteiger partial charge in [0.05, 0.1) is 42.7 Å². The zero-order chi connectivity index (χ0) is 23.6. The SMILES string of the molecule is Cc1ccc(Nc2c(C(=O)N3CC(O)(C(=O)NCC(O)CO)C3)ccc(F)c2F)c(F)c1. The minimum Gasteiger partial charge on any atom is -0.394 e. The highest BCUT2D eigenvalue weighted by molar-refractivity contribution is 6.02. The molecule has 1 atom stereocenters. The zero-order valence-electron chi connectivity index (χ0n) is 17.0. The summed E-state index contributed by atoms with van der Waals surface area (Å²) in [6.45, 7) is -0.119. The molecule has 0 radical (unpaired) electrons. The molecule has 1 saturated heterocycles. The van der Waals surface area contributed by atoms with Gasteiger partial charge in [-0.1, -0.05) is 6.07 Å². The Bertz CT molecular complexity index is 1040. The first-order valence-electron chi connectivity index (χ1n) is 9.66. The maximum absolute atomic E-state index is 14.5. The van der Waals surface area contributed by atoms with Crippen LogP contribution >= 0.6 is 0 Å². The Hall–Kier alpha value is -3.15. The number of benzene rings is 2. The first-order chi connectivity index (χ1) is 15.1. The molecule has 2 aromatic carbocycles. The predicted molar refractivity (Wildman–Crippen MR) is 108 cm³/mol. The molecule has 11 heteroatoms. The van der Waals surface area contributed by atoms with Gasteiger partial charge in [0.2, 0.25) is 0 Å². The summed E-state index contributed by atoms with van der Waals surface area (Å²) in [6.07, 6.45) is -1.21. The molecule has 5 N–H and O–H groups in total. The fourth-order valence-electron chi connectivity index (χ4n) is 3.19. The molecule has 1 heterocycles. The van der Waals surface area contributed by atoms with Crippen LogP contribution in [0.3, 0.4) is 0 Å². The van der Waals surface area contributed by atoms with Gasteiger partial charge in [0.1, 0.15) is 5.82 Å². The molecule has 1 aliphatic heterocycles. The number of aryl methyl sites for hydroxylation is 1. The smallest absolute Gasteiger partial charge is 0.256 e. The van der Waals surface area contributed by atoms with E-state index < -0.39 is 66.4 Å². The van der Waals surface area contributed by atoms with Gasteiger partial charge in [-0.15, -0.1) is 0 Å². The average Bonchev–Trinajstić information content (AvgIpc) is 2.73. The van der Waals surface area contributed by atoms with E-state index in [1.54, 1.807) is 13.0 Å². The Morgan fingerprint density at radius 1 is 1.16 bits per heavy atom. The van der Waals surface area contributed by atoms with Crippen LogP contribution in [0.4, 0.5) is 24.5 Å². The van der Waals surface area contributed by atoms with Gasteiger partial charge in [-0.2, -0.15) is 0 Å². The number of aliphatic hydroxyl groups is 3. The molecule has 0 spiro atoms. The summed E-state index contributed by atoms with van der Waals surface area (Å²) in [4.78, 5) is 26.0. The third kappa shape index (κ3) is 4.69. The summed E-state index contributed by atoms with van der Waals surface area (Å²) in [5, 5.41) is 33.0. The van der Waals surface area contributed by atoms with Crippen molar-refractivity contribution in [3.8, 4) is 0 Å². The highest BCUT2D eigenvalue weighted by Crippen LogP contribution is 2.31. The van der Waals surface area contributed by atoms with E-state index in [-0.39, 0.29) is 17.8 Å². The van der Waals surface area contributed by atoms with Crippen LogP contribution in [-0.4, -0.2) is 70.0 Å². The molecule has 2 aromatic rings. The van der Waals surface area contributed by atoms with E-state index in [0.29, 0.717) is 5.56 Å². The van der Waals surface area contributed by atoms with Crippen molar-refractivity contribution in [2.75, 3.05) is 31.6 Å². The Kier molecular flexibility index (Phi) is 6.72. The summed E-state index contributed by atoms with van der Waals surface area (Å²) < 4.78 is 42.5. The molecular weight excluding hydrogens is 431 g/mol. The number of carbonyl (C=O) groups is 2. The number of hydrogen-bond donors (Lipinski definition) is 5. The molecule has 0 aliphatic carbocycles. The largest absolute Gasteiger partial charge is 0.394 e. The number of anilines is 2. The molecule has 0 bridgehead atoms. The lowest BCUT2D eigenvalue weighted by atomic mass is 9.91. The number of amides is 2. The van der Waals surface area contributed by atoms with Crippen LogP contribution in [0, 0.1) is 24.4 Å². The minimum atomic E-state index is -1.94. The van der Waals surface area contributed by atoms with Gasteiger partial charge in [0.25, 0.3) is 11.8 Å². The highest BCUT2D eigenvalue weighted by Gasteiger charge is 2.50. The topological polar surface area (TPSA) is 122 Å². The fourth-order valence-corrected chi connectivity index (χ4v) is 3.19. The molecule has 172 valence electrons. The normalized spacial score (nSPS) is 15.7. The lowest BCUT2D eigenvalue weighted by Crippen LogP contribution is -2.70. The number of carbonyl (C=O) groups excluding carboxylic acids is 2.